The molecule has 0 saturated carbocycles. The van der Waals surface area contributed by atoms with Crippen LogP contribution >= 0.6 is 11.3 Å². The van der Waals surface area contributed by atoms with Crippen LogP contribution in [0.4, 0.5) is 13.2 Å². The van der Waals surface area contributed by atoms with E-state index in [-0.39, 0.29) is 17.6 Å². The van der Waals surface area contributed by atoms with Crippen LogP contribution in [0.15, 0.2) is 18.3 Å². The molecule has 2 aliphatic heterocycles. The smallest absolute Gasteiger partial charge is 0.346 e. The summed E-state index contributed by atoms with van der Waals surface area (Å²) in [4.78, 5) is 29.7. The molecule has 1 amide bonds. The van der Waals surface area contributed by atoms with Gasteiger partial charge in [0.1, 0.15) is 5.69 Å². The second-order valence-corrected chi connectivity index (χ2v) is 7.52. The summed E-state index contributed by atoms with van der Waals surface area (Å²) in [6.07, 6.45) is -2.52. The Morgan fingerprint density at radius 1 is 1.28 bits per heavy atom. The Kier molecular flexibility index (Phi) is 3.80. The number of hydrogen-bond acceptors (Lipinski definition) is 5. The van der Waals surface area contributed by atoms with Crippen molar-refractivity contribution in [2.75, 3.05) is 19.6 Å². The van der Waals surface area contributed by atoms with E-state index in [2.05, 4.69) is 15.2 Å². The van der Waals surface area contributed by atoms with Crippen molar-refractivity contribution in [2.45, 2.75) is 18.6 Å². The Balaban J connectivity index is 1.54. The van der Waals surface area contributed by atoms with Crippen LogP contribution < -0.4 is 5.32 Å². The normalized spacial score (nSPS) is 25.5. The maximum atomic E-state index is 12.5. The van der Waals surface area contributed by atoms with Gasteiger partial charge < -0.3 is 10.2 Å². The molecule has 1 N–H and O–H groups in total. The van der Waals surface area contributed by atoms with E-state index >= 15 is 0 Å². The number of alkyl halides is 3. The highest BCUT2D eigenvalue weighted by Gasteiger charge is 2.40. The predicted octanol–water partition coefficient (Wildman–Crippen LogP) is 2.48. The lowest BCUT2D eigenvalue weighted by Crippen LogP contribution is -2.43. The fraction of sp³-hybridized carbons (Fsp3) is 0.438. The van der Waals surface area contributed by atoms with Gasteiger partial charge >= 0.3 is 6.18 Å². The van der Waals surface area contributed by atoms with E-state index in [1.54, 1.807) is 0 Å². The minimum absolute atomic E-state index is 0.0875. The van der Waals surface area contributed by atoms with Gasteiger partial charge in [-0.25, -0.2) is 0 Å². The summed E-state index contributed by atoms with van der Waals surface area (Å²) in [6, 6.07) is 2.69. The number of amides is 1. The summed E-state index contributed by atoms with van der Waals surface area (Å²) < 4.78 is 38.1. The van der Waals surface area contributed by atoms with E-state index in [1.165, 1.54) is 12.3 Å². The molecule has 0 aliphatic carbocycles. The van der Waals surface area contributed by atoms with E-state index in [9.17, 15) is 22.8 Å². The molecule has 132 valence electrons. The molecule has 0 aromatic carbocycles. The van der Waals surface area contributed by atoms with Gasteiger partial charge in [0.2, 0.25) is 0 Å². The first-order chi connectivity index (χ1) is 11.8. The lowest BCUT2D eigenvalue weighted by molar-refractivity contribution is -0.0882. The van der Waals surface area contributed by atoms with Crippen LogP contribution in [0.2, 0.25) is 0 Å². The third kappa shape index (κ3) is 3.02. The number of rotatable bonds is 3. The molecule has 2 aromatic heterocycles. The zero-order chi connectivity index (χ0) is 17.8. The highest BCUT2D eigenvalue weighted by Crippen LogP contribution is 2.31. The van der Waals surface area contributed by atoms with Gasteiger partial charge in [0.15, 0.2) is 0 Å². The van der Waals surface area contributed by atoms with E-state index in [0.29, 0.717) is 16.0 Å². The largest absolute Gasteiger partial charge is 0.455 e. The number of nitrogens with zero attached hydrogens (tertiary/aromatic N) is 2. The standard InChI is InChI=1S/C16H14F3N3O2S/c17-16(18,19)14(23)13-3-9-5-20-10(4-12(9)25-13)15(24)21-11-7-22-2-1-8(11)6-22/h3-5,8,11H,1-2,6-7H2,(H,21,24)/t8-,11?/m0/s1. The number of thiophene rings is 1. The summed E-state index contributed by atoms with van der Waals surface area (Å²) in [5.74, 6) is -1.76. The molecule has 25 heavy (non-hydrogen) atoms. The van der Waals surface area contributed by atoms with E-state index in [1.807, 2.05) is 0 Å². The maximum Gasteiger partial charge on any atom is 0.455 e. The topological polar surface area (TPSA) is 62.3 Å². The molecule has 0 radical (unpaired) electrons. The Hall–Kier alpha value is -2.00. The average Bonchev–Trinajstić information content (AvgIpc) is 3.26. The number of pyridine rings is 1. The van der Waals surface area contributed by atoms with Crippen LogP contribution in [-0.2, 0) is 0 Å². The van der Waals surface area contributed by atoms with Crippen molar-refractivity contribution in [2.24, 2.45) is 5.92 Å². The summed E-state index contributed by atoms with van der Waals surface area (Å²) in [6.45, 7) is 2.87. The van der Waals surface area contributed by atoms with Crippen LogP contribution in [0.5, 0.6) is 0 Å². The molecule has 5 nitrogen and oxygen atoms in total. The number of carbonyl (C=O) groups excluding carboxylic acids is 2. The number of hydrogen-bond donors (Lipinski definition) is 1. The van der Waals surface area contributed by atoms with Gasteiger partial charge in [0, 0.05) is 35.4 Å². The molecular formula is C16H14F3N3O2S. The number of piperidine rings is 1. The van der Waals surface area contributed by atoms with Crippen LogP contribution in [0.25, 0.3) is 10.1 Å². The zero-order valence-corrected chi connectivity index (χ0v) is 13.8. The molecule has 4 rings (SSSR count). The molecule has 2 bridgehead atoms. The summed E-state index contributed by atoms with van der Waals surface area (Å²) in [5.41, 5.74) is 0.151. The first-order valence-electron chi connectivity index (χ1n) is 7.85. The van der Waals surface area contributed by atoms with Gasteiger partial charge in [-0.15, -0.1) is 11.3 Å². The number of nitrogens with one attached hydrogen (secondary N) is 1. The van der Waals surface area contributed by atoms with Crippen LogP contribution in [0.1, 0.15) is 26.6 Å². The highest BCUT2D eigenvalue weighted by atomic mass is 32.1. The molecule has 3 atom stereocenters. The van der Waals surface area contributed by atoms with Crippen molar-refractivity contribution >= 4 is 33.1 Å². The van der Waals surface area contributed by atoms with Crippen molar-refractivity contribution in [3.05, 3.63) is 28.9 Å². The molecule has 2 fully saturated rings. The van der Waals surface area contributed by atoms with Crippen molar-refractivity contribution < 1.29 is 22.8 Å². The predicted molar refractivity (Wildman–Crippen MR) is 85.8 cm³/mol. The fourth-order valence-electron chi connectivity index (χ4n) is 3.50. The van der Waals surface area contributed by atoms with Gasteiger partial charge in [0.05, 0.1) is 4.88 Å². The minimum Gasteiger partial charge on any atom is -0.346 e. The van der Waals surface area contributed by atoms with Crippen LogP contribution in [-0.4, -0.2) is 53.4 Å². The molecule has 2 aliphatic rings. The second kappa shape index (κ2) is 5.77. The number of fused-ring (bicyclic) bond motifs is 3. The first kappa shape index (κ1) is 16.5. The van der Waals surface area contributed by atoms with Crippen molar-refractivity contribution in [1.29, 1.82) is 0 Å². The number of Topliss-reactive ketones (excluding diaryl/α,β-unsaturated/α-hetero) is 1. The monoisotopic (exact) mass is 369 g/mol. The molecule has 2 saturated heterocycles. The van der Waals surface area contributed by atoms with Crippen LogP contribution in [0, 0.1) is 5.92 Å². The molecule has 2 aromatic rings. The number of aromatic nitrogens is 1. The van der Waals surface area contributed by atoms with Crippen molar-refractivity contribution in [3.8, 4) is 0 Å². The summed E-state index contributed by atoms with van der Waals surface area (Å²) in [7, 11) is 0. The third-order valence-corrected chi connectivity index (χ3v) is 5.86. The number of ketones is 1. The number of halogens is 3. The Bertz CT molecular complexity index is 864. The van der Waals surface area contributed by atoms with Gasteiger partial charge in [-0.05, 0) is 31.0 Å². The SMILES string of the molecule is O=C(NC1CN2CC[C@H]1C2)c1cc2sc(C(=O)C(F)(F)F)cc2cn1. The van der Waals surface area contributed by atoms with E-state index in [0.717, 1.165) is 43.5 Å². The maximum absolute atomic E-state index is 12.5. The summed E-state index contributed by atoms with van der Waals surface area (Å²) >= 11 is 0.721. The lowest BCUT2D eigenvalue weighted by Gasteiger charge is -2.22. The van der Waals surface area contributed by atoms with Gasteiger partial charge in [-0.2, -0.15) is 13.2 Å². The second-order valence-electron chi connectivity index (χ2n) is 6.43. The quantitative estimate of drug-likeness (QED) is 0.845. The molecule has 0 spiro atoms. The molecule has 4 heterocycles. The lowest BCUT2D eigenvalue weighted by atomic mass is 10.00. The van der Waals surface area contributed by atoms with Crippen molar-refractivity contribution in [3.63, 3.8) is 0 Å². The molecule has 9 heteroatoms. The van der Waals surface area contributed by atoms with Gasteiger partial charge in [0.25, 0.3) is 11.7 Å². The van der Waals surface area contributed by atoms with E-state index < -0.39 is 16.8 Å². The van der Waals surface area contributed by atoms with Gasteiger partial charge in [-0.1, -0.05) is 0 Å². The van der Waals surface area contributed by atoms with Gasteiger partial charge in [-0.3, -0.25) is 14.6 Å². The minimum atomic E-state index is -4.91. The average molecular weight is 369 g/mol. The Labute approximate surface area is 144 Å². The molecular weight excluding hydrogens is 355 g/mol. The Morgan fingerprint density at radius 2 is 2.08 bits per heavy atom. The molecule has 2 unspecified atom stereocenters. The fourth-order valence-corrected chi connectivity index (χ4v) is 4.53. The highest BCUT2D eigenvalue weighted by molar-refractivity contribution is 7.20. The summed E-state index contributed by atoms with van der Waals surface area (Å²) in [5, 5.41) is 3.38. The first-order valence-corrected chi connectivity index (χ1v) is 8.67. The van der Waals surface area contributed by atoms with Crippen LogP contribution in [0.3, 0.4) is 0 Å². The van der Waals surface area contributed by atoms with Crippen molar-refractivity contribution in [1.82, 2.24) is 15.2 Å². The van der Waals surface area contributed by atoms with E-state index in [4.69, 9.17) is 0 Å². The third-order valence-electron chi connectivity index (χ3n) is 4.76. The zero-order valence-electron chi connectivity index (χ0n) is 13.0. The number of carbonyl (C=O) groups is 2. The Morgan fingerprint density at radius 3 is 2.72 bits per heavy atom.